The van der Waals surface area contributed by atoms with E-state index in [1.807, 2.05) is 6.07 Å². The lowest BCUT2D eigenvalue weighted by atomic mass is 10.0. The summed E-state index contributed by atoms with van der Waals surface area (Å²) in [7, 11) is 0. The van der Waals surface area contributed by atoms with E-state index in [9.17, 15) is 0 Å². The van der Waals surface area contributed by atoms with Crippen LogP contribution in [0.3, 0.4) is 0 Å². The molecule has 0 amide bonds. The normalized spacial score (nSPS) is 14.6. The Kier molecular flexibility index (Phi) is 2.67. The van der Waals surface area contributed by atoms with Crippen LogP contribution < -0.4 is 0 Å². The first kappa shape index (κ1) is 11.8. The Morgan fingerprint density at radius 3 is 2.70 bits per heavy atom. The molecule has 4 rings (SSSR count). The molecule has 1 aromatic heterocycles. The lowest BCUT2D eigenvalue weighted by molar-refractivity contribution is 0.989. The van der Waals surface area contributed by atoms with Crippen LogP contribution in [0.15, 0.2) is 48.5 Å². The second-order valence-corrected chi connectivity index (χ2v) is 5.74. The van der Waals surface area contributed by atoms with Crippen molar-refractivity contribution in [2.75, 3.05) is 0 Å². The van der Waals surface area contributed by atoms with Crippen molar-refractivity contribution in [3.63, 3.8) is 0 Å². The average molecular weight is 278 g/mol. The van der Waals surface area contributed by atoms with E-state index in [4.69, 9.17) is 12.2 Å². The van der Waals surface area contributed by atoms with E-state index in [0.29, 0.717) is 10.6 Å². The van der Waals surface area contributed by atoms with Crippen LogP contribution in [0, 0.1) is 4.64 Å². The van der Waals surface area contributed by atoms with Crippen LogP contribution in [-0.4, -0.2) is 9.97 Å². The Bertz CT molecular complexity index is 841. The summed E-state index contributed by atoms with van der Waals surface area (Å²) in [5.74, 6) is 1.53. The maximum Gasteiger partial charge on any atom is 0.139 e. The molecule has 98 valence electrons. The molecule has 0 spiro atoms. The summed E-state index contributed by atoms with van der Waals surface area (Å²) in [5.41, 5.74) is 2.35. The molecule has 0 radical (unpaired) electrons. The molecule has 0 aliphatic heterocycles. The van der Waals surface area contributed by atoms with Gasteiger partial charge < -0.3 is 4.98 Å². The number of rotatable bonds is 2. The van der Waals surface area contributed by atoms with Crippen molar-refractivity contribution in [1.82, 2.24) is 9.97 Å². The van der Waals surface area contributed by atoms with Crippen LogP contribution in [0.5, 0.6) is 0 Å². The highest BCUT2D eigenvalue weighted by Gasteiger charge is 2.25. The summed E-state index contributed by atoms with van der Waals surface area (Å²) in [5, 5.41) is 2.43. The predicted octanol–water partition coefficient (Wildman–Crippen LogP) is 4.84. The van der Waals surface area contributed by atoms with Gasteiger partial charge in [-0.2, -0.15) is 0 Å². The Morgan fingerprint density at radius 1 is 1.05 bits per heavy atom. The van der Waals surface area contributed by atoms with E-state index in [1.54, 1.807) is 0 Å². The Morgan fingerprint density at radius 2 is 1.85 bits per heavy atom. The lowest BCUT2D eigenvalue weighted by Crippen LogP contribution is -1.95. The van der Waals surface area contributed by atoms with Crippen molar-refractivity contribution in [3.8, 4) is 11.4 Å². The van der Waals surface area contributed by atoms with Crippen molar-refractivity contribution in [2.45, 2.75) is 18.8 Å². The van der Waals surface area contributed by atoms with Gasteiger partial charge in [0.05, 0.1) is 0 Å². The zero-order chi connectivity index (χ0) is 13.5. The van der Waals surface area contributed by atoms with Crippen molar-refractivity contribution in [3.05, 3.63) is 58.9 Å². The molecule has 1 aliphatic rings. The molecule has 20 heavy (non-hydrogen) atoms. The van der Waals surface area contributed by atoms with E-state index in [0.717, 1.165) is 11.4 Å². The van der Waals surface area contributed by atoms with E-state index in [1.165, 1.54) is 29.3 Å². The van der Waals surface area contributed by atoms with Crippen molar-refractivity contribution < 1.29 is 0 Å². The van der Waals surface area contributed by atoms with Gasteiger partial charge in [0, 0.05) is 11.3 Å². The van der Waals surface area contributed by atoms with Gasteiger partial charge in [0.1, 0.15) is 10.5 Å². The maximum absolute atomic E-state index is 5.33. The number of aromatic amines is 1. The van der Waals surface area contributed by atoms with E-state index < -0.39 is 0 Å². The minimum absolute atomic E-state index is 0.647. The molecule has 3 aromatic rings. The maximum atomic E-state index is 5.33. The summed E-state index contributed by atoms with van der Waals surface area (Å²) < 4.78 is 0.675. The first-order valence-corrected chi connectivity index (χ1v) is 7.31. The Labute approximate surface area is 122 Å². The summed E-state index contributed by atoms with van der Waals surface area (Å²) in [6, 6.07) is 16.7. The zero-order valence-electron chi connectivity index (χ0n) is 11.0. The minimum Gasteiger partial charge on any atom is -0.343 e. The number of nitrogens with zero attached hydrogens (tertiary/aromatic N) is 1. The third-order valence-electron chi connectivity index (χ3n) is 3.83. The van der Waals surface area contributed by atoms with Gasteiger partial charge in [0.25, 0.3) is 0 Å². The molecular formula is C17H14N2S. The monoisotopic (exact) mass is 278 g/mol. The number of fused-ring (bicyclic) bond motifs is 1. The molecule has 1 fully saturated rings. The number of nitrogens with one attached hydrogen (secondary N) is 1. The molecule has 1 heterocycles. The quantitative estimate of drug-likeness (QED) is 0.680. The number of hydrogen-bond donors (Lipinski definition) is 1. The van der Waals surface area contributed by atoms with Crippen molar-refractivity contribution in [1.29, 1.82) is 0 Å². The van der Waals surface area contributed by atoms with Crippen LogP contribution in [0.25, 0.3) is 22.2 Å². The van der Waals surface area contributed by atoms with Crippen molar-refractivity contribution >= 4 is 23.0 Å². The van der Waals surface area contributed by atoms with Gasteiger partial charge in [-0.3, -0.25) is 0 Å². The van der Waals surface area contributed by atoms with Gasteiger partial charge in [-0.1, -0.05) is 54.7 Å². The first-order chi connectivity index (χ1) is 9.81. The molecule has 0 bridgehead atoms. The summed E-state index contributed by atoms with van der Waals surface area (Å²) in [4.78, 5) is 8.00. The highest BCUT2D eigenvalue weighted by molar-refractivity contribution is 7.71. The van der Waals surface area contributed by atoms with Gasteiger partial charge in [-0.15, -0.1) is 0 Å². The molecule has 0 saturated heterocycles. The summed E-state index contributed by atoms with van der Waals surface area (Å²) in [6.07, 6.45) is 2.51. The first-order valence-electron chi connectivity index (χ1n) is 6.91. The van der Waals surface area contributed by atoms with Gasteiger partial charge in [0.15, 0.2) is 0 Å². The lowest BCUT2D eigenvalue weighted by Gasteiger charge is -2.08. The fourth-order valence-corrected chi connectivity index (χ4v) is 2.87. The number of benzene rings is 2. The molecule has 1 N–H and O–H groups in total. The van der Waals surface area contributed by atoms with Gasteiger partial charge in [-0.05, 0) is 35.6 Å². The molecule has 2 nitrogen and oxygen atoms in total. The third-order valence-corrected chi connectivity index (χ3v) is 4.03. The molecule has 1 saturated carbocycles. The van der Waals surface area contributed by atoms with Gasteiger partial charge >= 0.3 is 0 Å². The standard InChI is InChI=1S/C17H14N2S/c20-16-10-15(12-8-9-12)18-17(19-16)14-7-3-5-11-4-1-2-6-13(11)14/h1-7,10,12H,8-9H2,(H,18,19,20). The van der Waals surface area contributed by atoms with E-state index in [2.05, 4.69) is 52.4 Å². The van der Waals surface area contributed by atoms with Crippen LogP contribution in [0.1, 0.15) is 24.5 Å². The largest absolute Gasteiger partial charge is 0.343 e. The average Bonchev–Trinajstić information content (AvgIpc) is 3.30. The topological polar surface area (TPSA) is 28.7 Å². The SMILES string of the molecule is S=c1cc(C2CC2)[nH]c(-c2cccc3ccccc23)n1. The number of aromatic nitrogens is 2. The minimum atomic E-state index is 0.647. The number of hydrogen-bond acceptors (Lipinski definition) is 2. The van der Waals surface area contributed by atoms with Crippen LogP contribution in [-0.2, 0) is 0 Å². The molecule has 3 heteroatoms. The second-order valence-electron chi connectivity index (χ2n) is 5.32. The van der Waals surface area contributed by atoms with Gasteiger partial charge in [0.2, 0.25) is 0 Å². The molecule has 2 aromatic carbocycles. The Balaban J connectivity index is 1.97. The van der Waals surface area contributed by atoms with Crippen LogP contribution in [0.2, 0.25) is 0 Å². The summed E-state index contributed by atoms with van der Waals surface area (Å²) >= 11 is 5.33. The molecule has 0 atom stereocenters. The molecular weight excluding hydrogens is 264 g/mol. The fraction of sp³-hybridized carbons (Fsp3) is 0.176. The van der Waals surface area contributed by atoms with Crippen LogP contribution in [0.4, 0.5) is 0 Å². The smallest absolute Gasteiger partial charge is 0.139 e. The fourth-order valence-electron chi connectivity index (χ4n) is 2.65. The molecule has 0 unspecified atom stereocenters. The van der Waals surface area contributed by atoms with E-state index >= 15 is 0 Å². The third kappa shape index (κ3) is 2.04. The highest BCUT2D eigenvalue weighted by Crippen LogP contribution is 2.39. The number of H-pyrrole nitrogens is 1. The van der Waals surface area contributed by atoms with Gasteiger partial charge in [-0.25, -0.2) is 4.98 Å². The molecule has 1 aliphatic carbocycles. The van der Waals surface area contributed by atoms with E-state index in [-0.39, 0.29) is 0 Å². The predicted molar refractivity (Wildman–Crippen MR) is 84.3 cm³/mol. The van der Waals surface area contributed by atoms with Crippen LogP contribution >= 0.6 is 12.2 Å². The Hall–Kier alpha value is -2.00. The van der Waals surface area contributed by atoms with Crippen molar-refractivity contribution in [2.24, 2.45) is 0 Å². The zero-order valence-corrected chi connectivity index (χ0v) is 11.8. The highest BCUT2D eigenvalue weighted by atomic mass is 32.1. The summed E-state index contributed by atoms with van der Waals surface area (Å²) in [6.45, 7) is 0. The second kappa shape index (κ2) is 4.53.